The molecule has 0 fully saturated rings. The molecular weight excluding hydrogens is 337 g/mol. The standard InChI is InChI=1S/C15H19BrFN3O/c1-9(4-5-20(2)3)18-15(21)14-8-11-12(17)6-10(16)7-13(11)19-14/h6-9,19H,4-5H2,1-3H3,(H,18,21). The quantitative estimate of drug-likeness (QED) is 0.865. The topological polar surface area (TPSA) is 48.1 Å². The molecule has 0 aliphatic carbocycles. The Labute approximate surface area is 131 Å². The third-order valence-corrected chi connectivity index (χ3v) is 3.74. The highest BCUT2D eigenvalue weighted by molar-refractivity contribution is 9.10. The van der Waals surface area contributed by atoms with Gasteiger partial charge in [0.15, 0.2) is 0 Å². The van der Waals surface area contributed by atoms with Gasteiger partial charge in [-0.05, 0) is 52.2 Å². The van der Waals surface area contributed by atoms with E-state index in [0.29, 0.717) is 21.1 Å². The zero-order valence-electron chi connectivity index (χ0n) is 12.3. The molecule has 1 amide bonds. The molecule has 1 aromatic carbocycles. The van der Waals surface area contributed by atoms with Gasteiger partial charge >= 0.3 is 0 Å². The summed E-state index contributed by atoms with van der Waals surface area (Å²) in [4.78, 5) is 17.2. The lowest BCUT2D eigenvalue weighted by Gasteiger charge is -2.16. The van der Waals surface area contributed by atoms with E-state index in [2.05, 4.69) is 31.1 Å². The SMILES string of the molecule is CC(CCN(C)C)NC(=O)c1cc2c(F)cc(Br)cc2[nH]1. The number of nitrogens with zero attached hydrogens (tertiary/aromatic N) is 1. The Morgan fingerprint density at radius 2 is 2.14 bits per heavy atom. The maximum atomic E-state index is 13.8. The summed E-state index contributed by atoms with van der Waals surface area (Å²) in [7, 11) is 3.99. The molecule has 2 rings (SSSR count). The first-order chi connectivity index (χ1) is 9.86. The summed E-state index contributed by atoms with van der Waals surface area (Å²) in [6.45, 7) is 2.86. The van der Waals surface area contributed by atoms with Crippen molar-refractivity contribution in [2.24, 2.45) is 0 Å². The Hall–Kier alpha value is -1.40. The van der Waals surface area contributed by atoms with E-state index in [-0.39, 0.29) is 17.8 Å². The van der Waals surface area contributed by atoms with Gasteiger partial charge in [-0.1, -0.05) is 15.9 Å². The molecule has 4 nitrogen and oxygen atoms in total. The van der Waals surface area contributed by atoms with Crippen LogP contribution in [0.2, 0.25) is 0 Å². The molecule has 1 heterocycles. The van der Waals surface area contributed by atoms with Crippen LogP contribution < -0.4 is 5.32 Å². The van der Waals surface area contributed by atoms with E-state index in [1.54, 1.807) is 12.1 Å². The molecule has 0 saturated carbocycles. The molecule has 0 aliphatic rings. The Morgan fingerprint density at radius 3 is 2.81 bits per heavy atom. The van der Waals surface area contributed by atoms with Gasteiger partial charge in [-0.2, -0.15) is 0 Å². The minimum atomic E-state index is -0.352. The van der Waals surface area contributed by atoms with Crippen molar-refractivity contribution in [3.8, 4) is 0 Å². The Kier molecular flexibility index (Phi) is 5.00. The van der Waals surface area contributed by atoms with Crippen LogP contribution in [0.4, 0.5) is 4.39 Å². The molecule has 0 radical (unpaired) electrons. The molecule has 0 saturated heterocycles. The zero-order valence-corrected chi connectivity index (χ0v) is 13.9. The molecule has 0 bridgehead atoms. The number of hydrogen-bond donors (Lipinski definition) is 2. The maximum absolute atomic E-state index is 13.8. The number of fused-ring (bicyclic) bond motifs is 1. The second kappa shape index (κ2) is 6.58. The van der Waals surface area contributed by atoms with Gasteiger partial charge in [-0.3, -0.25) is 4.79 Å². The molecular formula is C15H19BrFN3O. The van der Waals surface area contributed by atoms with Crippen molar-refractivity contribution in [2.45, 2.75) is 19.4 Å². The zero-order chi connectivity index (χ0) is 15.6. The van der Waals surface area contributed by atoms with E-state index in [9.17, 15) is 9.18 Å². The largest absolute Gasteiger partial charge is 0.350 e. The Morgan fingerprint density at radius 1 is 1.43 bits per heavy atom. The lowest BCUT2D eigenvalue weighted by Crippen LogP contribution is -2.34. The number of aromatic amines is 1. The van der Waals surface area contributed by atoms with Crippen LogP contribution in [0.3, 0.4) is 0 Å². The highest BCUT2D eigenvalue weighted by Crippen LogP contribution is 2.23. The van der Waals surface area contributed by atoms with Crippen molar-refractivity contribution < 1.29 is 9.18 Å². The number of carbonyl (C=O) groups excluding carboxylic acids is 1. The summed E-state index contributed by atoms with van der Waals surface area (Å²) in [5, 5.41) is 3.34. The van der Waals surface area contributed by atoms with Gasteiger partial charge in [0.25, 0.3) is 5.91 Å². The summed E-state index contributed by atoms with van der Waals surface area (Å²) in [5.74, 6) is -0.566. The van der Waals surface area contributed by atoms with Gasteiger partial charge < -0.3 is 15.2 Å². The van der Waals surface area contributed by atoms with Crippen LogP contribution in [0.15, 0.2) is 22.7 Å². The lowest BCUT2D eigenvalue weighted by molar-refractivity contribution is 0.0932. The van der Waals surface area contributed by atoms with Gasteiger partial charge in [0.2, 0.25) is 0 Å². The number of hydrogen-bond acceptors (Lipinski definition) is 2. The molecule has 114 valence electrons. The minimum Gasteiger partial charge on any atom is -0.350 e. The Bertz CT molecular complexity index is 654. The number of H-pyrrole nitrogens is 1. The van der Waals surface area contributed by atoms with Crippen LogP contribution in [0.1, 0.15) is 23.8 Å². The Balaban J connectivity index is 2.11. The molecule has 0 spiro atoms. The number of rotatable bonds is 5. The fraction of sp³-hybridized carbons (Fsp3) is 0.400. The summed E-state index contributed by atoms with van der Waals surface area (Å²) in [6.07, 6.45) is 0.860. The molecule has 2 aromatic rings. The van der Waals surface area contributed by atoms with Crippen molar-refractivity contribution in [1.82, 2.24) is 15.2 Å². The highest BCUT2D eigenvalue weighted by Gasteiger charge is 2.14. The van der Waals surface area contributed by atoms with Crippen LogP contribution >= 0.6 is 15.9 Å². The van der Waals surface area contributed by atoms with Gasteiger partial charge in [0.1, 0.15) is 11.5 Å². The summed E-state index contributed by atoms with van der Waals surface area (Å²) < 4.78 is 14.4. The third-order valence-electron chi connectivity index (χ3n) is 3.28. The molecule has 1 atom stereocenters. The van der Waals surface area contributed by atoms with Gasteiger partial charge in [0, 0.05) is 15.9 Å². The van der Waals surface area contributed by atoms with Gasteiger partial charge in [0.05, 0.1) is 5.52 Å². The van der Waals surface area contributed by atoms with Crippen LogP contribution in [-0.2, 0) is 0 Å². The normalized spacial score (nSPS) is 12.9. The van der Waals surface area contributed by atoms with Crippen LogP contribution in [-0.4, -0.2) is 42.5 Å². The number of carbonyl (C=O) groups is 1. The molecule has 1 aromatic heterocycles. The molecule has 0 aliphatic heterocycles. The molecule has 2 N–H and O–H groups in total. The predicted molar refractivity (Wildman–Crippen MR) is 86.1 cm³/mol. The van der Waals surface area contributed by atoms with Crippen molar-refractivity contribution >= 4 is 32.7 Å². The third kappa shape index (κ3) is 4.04. The molecule has 21 heavy (non-hydrogen) atoms. The van der Waals surface area contributed by atoms with E-state index in [4.69, 9.17) is 0 Å². The summed E-state index contributed by atoms with van der Waals surface area (Å²) >= 11 is 3.24. The van der Waals surface area contributed by atoms with E-state index < -0.39 is 0 Å². The van der Waals surface area contributed by atoms with Crippen molar-refractivity contribution in [3.63, 3.8) is 0 Å². The number of benzene rings is 1. The van der Waals surface area contributed by atoms with Gasteiger partial charge in [-0.15, -0.1) is 0 Å². The number of halogens is 2. The molecule has 6 heteroatoms. The average molecular weight is 356 g/mol. The number of nitrogens with one attached hydrogen (secondary N) is 2. The first kappa shape index (κ1) is 16.0. The predicted octanol–water partition coefficient (Wildman–Crippen LogP) is 3.14. The van der Waals surface area contributed by atoms with E-state index in [1.807, 2.05) is 21.0 Å². The van der Waals surface area contributed by atoms with Crippen molar-refractivity contribution in [2.75, 3.05) is 20.6 Å². The van der Waals surface area contributed by atoms with Crippen molar-refractivity contribution in [3.05, 3.63) is 34.2 Å². The fourth-order valence-corrected chi connectivity index (χ4v) is 2.54. The summed E-state index contributed by atoms with van der Waals surface area (Å²) in [6, 6.07) is 4.75. The van der Waals surface area contributed by atoms with Crippen LogP contribution in [0, 0.1) is 5.82 Å². The maximum Gasteiger partial charge on any atom is 0.267 e. The second-order valence-corrected chi connectivity index (χ2v) is 6.41. The first-order valence-electron chi connectivity index (χ1n) is 6.80. The van der Waals surface area contributed by atoms with E-state index in [1.165, 1.54) is 6.07 Å². The average Bonchev–Trinajstić information content (AvgIpc) is 2.80. The monoisotopic (exact) mass is 355 g/mol. The van der Waals surface area contributed by atoms with Crippen LogP contribution in [0.25, 0.3) is 10.9 Å². The number of aromatic nitrogens is 1. The van der Waals surface area contributed by atoms with E-state index >= 15 is 0 Å². The highest BCUT2D eigenvalue weighted by atomic mass is 79.9. The lowest BCUT2D eigenvalue weighted by atomic mass is 10.2. The van der Waals surface area contributed by atoms with Gasteiger partial charge in [-0.25, -0.2) is 4.39 Å². The fourth-order valence-electron chi connectivity index (χ4n) is 2.11. The smallest absolute Gasteiger partial charge is 0.267 e. The van der Waals surface area contributed by atoms with Crippen LogP contribution in [0.5, 0.6) is 0 Å². The molecule has 1 unspecified atom stereocenters. The first-order valence-corrected chi connectivity index (χ1v) is 7.59. The summed E-state index contributed by atoms with van der Waals surface area (Å²) in [5.41, 5.74) is 0.978. The minimum absolute atomic E-state index is 0.0582. The van der Waals surface area contributed by atoms with Crippen molar-refractivity contribution in [1.29, 1.82) is 0 Å². The van der Waals surface area contributed by atoms with E-state index in [0.717, 1.165) is 13.0 Å². The number of amides is 1. The second-order valence-electron chi connectivity index (χ2n) is 5.50.